The Balaban J connectivity index is 1.37. The third-order valence-corrected chi connectivity index (χ3v) is 8.19. The smallest absolute Gasteiger partial charge is 0.328 e. The molecule has 178 valence electrons. The van der Waals surface area contributed by atoms with E-state index in [2.05, 4.69) is 118 Å². The van der Waals surface area contributed by atoms with Crippen LogP contribution in [0.5, 0.6) is 0 Å². The van der Waals surface area contributed by atoms with Crippen LogP contribution >= 0.6 is 0 Å². The van der Waals surface area contributed by atoms with Gasteiger partial charge in [-0.15, -0.1) is 0 Å². The molecule has 0 radical (unpaired) electrons. The van der Waals surface area contributed by atoms with Gasteiger partial charge in [-0.3, -0.25) is 9.97 Å². The maximum Gasteiger partial charge on any atom is 0.328 e. The van der Waals surface area contributed by atoms with Crippen molar-refractivity contribution < 1.29 is 0 Å². The van der Waals surface area contributed by atoms with Gasteiger partial charge in [0.25, 0.3) is 0 Å². The Morgan fingerprint density at radius 1 is 0.658 bits per heavy atom. The number of fused-ring (bicyclic) bond motifs is 11. The fourth-order valence-electron chi connectivity index (χ4n) is 6.54. The molecule has 3 nitrogen and oxygen atoms in total. The highest BCUT2D eigenvalue weighted by molar-refractivity contribution is 6.91. The van der Waals surface area contributed by atoms with Gasteiger partial charge < -0.3 is 4.81 Å². The first-order valence-corrected chi connectivity index (χ1v) is 13.2. The fourth-order valence-corrected chi connectivity index (χ4v) is 6.54. The molecule has 1 unspecified atom stereocenters. The molecule has 0 saturated heterocycles. The van der Waals surface area contributed by atoms with Crippen molar-refractivity contribution >= 4 is 29.0 Å². The van der Waals surface area contributed by atoms with E-state index in [0.29, 0.717) is 0 Å². The van der Waals surface area contributed by atoms with E-state index >= 15 is 0 Å². The zero-order chi connectivity index (χ0) is 25.1. The number of rotatable bonds is 2. The van der Waals surface area contributed by atoms with Crippen molar-refractivity contribution in [1.29, 1.82) is 0 Å². The second-order valence-electron chi connectivity index (χ2n) is 10.2. The summed E-state index contributed by atoms with van der Waals surface area (Å²) in [5.74, 6) is 0.276. The van der Waals surface area contributed by atoms with Gasteiger partial charge in [0.05, 0.1) is 11.4 Å². The molecule has 0 saturated carbocycles. The third kappa shape index (κ3) is 3.17. The van der Waals surface area contributed by atoms with E-state index in [0.717, 1.165) is 23.4 Å². The van der Waals surface area contributed by atoms with Crippen LogP contribution in [-0.2, 0) is 0 Å². The Kier molecular flexibility index (Phi) is 4.74. The minimum absolute atomic E-state index is 0.142. The molecule has 4 heterocycles. The average molecular weight is 485 g/mol. The molecule has 0 N–H and O–H groups in total. The van der Waals surface area contributed by atoms with Crippen molar-refractivity contribution in [2.75, 3.05) is 4.81 Å². The van der Waals surface area contributed by atoms with Crippen LogP contribution in [0.15, 0.2) is 133 Å². The second-order valence-corrected chi connectivity index (χ2v) is 10.2. The van der Waals surface area contributed by atoms with E-state index in [1.54, 1.807) is 0 Å². The molecule has 38 heavy (non-hydrogen) atoms. The molecule has 3 aromatic carbocycles. The van der Waals surface area contributed by atoms with Crippen molar-refractivity contribution in [2.45, 2.75) is 12.3 Å². The van der Waals surface area contributed by atoms with Crippen LogP contribution in [0.25, 0.3) is 28.0 Å². The van der Waals surface area contributed by atoms with E-state index in [1.165, 1.54) is 44.6 Å². The summed E-state index contributed by atoms with van der Waals surface area (Å²) < 4.78 is 0. The highest BCUT2D eigenvalue weighted by Gasteiger charge is 2.45. The molecule has 0 spiro atoms. The monoisotopic (exact) mass is 485 g/mol. The van der Waals surface area contributed by atoms with Crippen LogP contribution < -0.4 is 15.7 Å². The molecule has 0 bridgehead atoms. The van der Waals surface area contributed by atoms with Crippen molar-refractivity contribution in [1.82, 2.24) is 9.97 Å². The van der Waals surface area contributed by atoms with Gasteiger partial charge in [-0.2, -0.15) is 0 Å². The minimum atomic E-state index is 0.142. The van der Waals surface area contributed by atoms with E-state index in [-0.39, 0.29) is 12.8 Å². The molecular formula is C34H24BN3. The first-order chi connectivity index (χ1) is 18.9. The first-order valence-electron chi connectivity index (χ1n) is 13.2. The Labute approximate surface area is 222 Å². The average Bonchev–Trinajstić information content (AvgIpc) is 3.01. The third-order valence-electron chi connectivity index (χ3n) is 8.19. The van der Waals surface area contributed by atoms with Crippen molar-refractivity contribution in [3.8, 4) is 22.4 Å². The lowest BCUT2D eigenvalue weighted by Crippen LogP contribution is -2.63. The summed E-state index contributed by atoms with van der Waals surface area (Å²) in [6, 6.07) is 37.1. The molecule has 0 fully saturated rings. The Bertz CT molecular complexity index is 1760. The number of anilines is 1. The molecule has 0 amide bonds. The van der Waals surface area contributed by atoms with Gasteiger partial charge in [0, 0.05) is 40.8 Å². The predicted molar refractivity (Wildman–Crippen MR) is 157 cm³/mol. The number of pyridine rings is 2. The number of aromatic nitrogens is 2. The lowest BCUT2D eigenvalue weighted by molar-refractivity contribution is 0.786. The van der Waals surface area contributed by atoms with Crippen molar-refractivity contribution in [2.24, 2.45) is 0 Å². The Hall–Kier alpha value is -4.70. The molecule has 4 heteroatoms. The van der Waals surface area contributed by atoms with E-state index in [1.807, 2.05) is 24.5 Å². The molecule has 1 aliphatic carbocycles. The molecule has 1 atom stereocenters. The largest absolute Gasteiger partial charge is 0.379 e. The molecule has 2 aromatic heterocycles. The summed E-state index contributed by atoms with van der Waals surface area (Å²) in [6.45, 7) is 0.142. The normalized spacial score (nSPS) is 16.8. The van der Waals surface area contributed by atoms with Gasteiger partial charge in [0.1, 0.15) is 0 Å². The number of nitrogens with zero attached hydrogens (tertiary/aromatic N) is 3. The van der Waals surface area contributed by atoms with Gasteiger partial charge in [-0.25, -0.2) is 0 Å². The van der Waals surface area contributed by atoms with E-state index < -0.39 is 0 Å². The van der Waals surface area contributed by atoms with E-state index in [4.69, 9.17) is 0 Å². The number of benzene rings is 3. The summed E-state index contributed by atoms with van der Waals surface area (Å²) in [4.78, 5) is 11.9. The maximum atomic E-state index is 4.66. The molecule has 8 rings (SSSR count). The zero-order valence-electron chi connectivity index (χ0n) is 20.8. The SMILES string of the molecule is C1=C(c2ccccn2)CC2C(=C1)N1B(c3ccccc3-c3cc(-c4ccccn4)ccc31)c1ccccc12. The lowest BCUT2D eigenvalue weighted by atomic mass is 9.42. The summed E-state index contributed by atoms with van der Waals surface area (Å²) >= 11 is 0. The lowest BCUT2D eigenvalue weighted by Gasteiger charge is -2.48. The van der Waals surface area contributed by atoms with Crippen molar-refractivity contribution in [3.05, 3.63) is 145 Å². The summed E-state index contributed by atoms with van der Waals surface area (Å²) in [5, 5.41) is 0. The highest BCUT2D eigenvalue weighted by Crippen LogP contribution is 2.48. The number of allylic oxidation sites excluding steroid dienone is 4. The van der Waals surface area contributed by atoms with E-state index in [9.17, 15) is 0 Å². The van der Waals surface area contributed by atoms with Gasteiger partial charge in [-0.1, -0.05) is 72.8 Å². The van der Waals surface area contributed by atoms with Gasteiger partial charge in [0.15, 0.2) is 0 Å². The number of hydrogen-bond donors (Lipinski definition) is 0. The number of hydrogen-bond acceptors (Lipinski definition) is 3. The van der Waals surface area contributed by atoms with Crippen LogP contribution in [0.2, 0.25) is 0 Å². The van der Waals surface area contributed by atoms with Crippen LogP contribution in [0.1, 0.15) is 23.6 Å². The summed E-state index contributed by atoms with van der Waals surface area (Å²) in [5.41, 5.74) is 13.8. The maximum absolute atomic E-state index is 4.66. The summed E-state index contributed by atoms with van der Waals surface area (Å²) in [6.07, 6.45) is 9.31. The van der Waals surface area contributed by atoms with Gasteiger partial charge in [0.2, 0.25) is 0 Å². The molecular weight excluding hydrogens is 461 g/mol. The Morgan fingerprint density at radius 2 is 1.39 bits per heavy atom. The second kappa shape index (κ2) is 8.42. The molecule has 3 aliphatic rings. The first kappa shape index (κ1) is 21.4. The Morgan fingerprint density at radius 3 is 2.21 bits per heavy atom. The standard InChI is InChI=1S/C34H24BN3/c1-3-11-29-25(9-1)27-21-23(31-13-5-7-19-36-31)15-17-33(27)38-34-18-16-24(32-14-6-8-20-37-32)22-28(34)26-10-2-4-12-30(26)35(29)38/h1-21,28H,22H2. The van der Waals surface area contributed by atoms with Crippen LogP contribution in [0.4, 0.5) is 5.69 Å². The zero-order valence-corrected chi connectivity index (χ0v) is 20.8. The van der Waals surface area contributed by atoms with Crippen molar-refractivity contribution in [3.63, 3.8) is 0 Å². The van der Waals surface area contributed by atoms with Crippen LogP contribution in [0.3, 0.4) is 0 Å². The summed E-state index contributed by atoms with van der Waals surface area (Å²) in [7, 11) is 0. The predicted octanol–water partition coefficient (Wildman–Crippen LogP) is 6.20. The quantitative estimate of drug-likeness (QED) is 0.279. The van der Waals surface area contributed by atoms with Crippen LogP contribution in [-0.4, -0.2) is 16.8 Å². The molecule has 5 aromatic rings. The topological polar surface area (TPSA) is 29.0 Å². The highest BCUT2D eigenvalue weighted by atomic mass is 15.1. The van der Waals surface area contributed by atoms with Gasteiger partial charge >= 0.3 is 6.85 Å². The molecule has 2 aliphatic heterocycles. The van der Waals surface area contributed by atoms with Crippen LogP contribution in [0, 0.1) is 0 Å². The minimum Gasteiger partial charge on any atom is -0.379 e. The van der Waals surface area contributed by atoms with Gasteiger partial charge in [-0.05, 0) is 76.5 Å². The fraction of sp³-hybridized carbons (Fsp3) is 0.0588.